The van der Waals surface area contributed by atoms with E-state index < -0.39 is 4.33 Å². The number of hydrogen-bond donors (Lipinski definition) is 0. The van der Waals surface area contributed by atoms with Crippen LogP contribution >= 0.6 is 23.2 Å². The minimum absolute atomic E-state index is 0.432. The molecule has 0 atom stereocenters. The van der Waals surface area contributed by atoms with Gasteiger partial charge in [-0.15, -0.1) is 23.2 Å². The van der Waals surface area contributed by atoms with E-state index in [1.54, 1.807) is 0 Å². The van der Waals surface area contributed by atoms with Crippen LogP contribution in [0.2, 0.25) is 0 Å². The zero-order chi connectivity index (χ0) is 6.04. The first-order chi connectivity index (χ1) is 3.71. The van der Waals surface area contributed by atoms with Gasteiger partial charge < -0.3 is 0 Å². The fraction of sp³-hybridized carbons (Fsp3) is 0.833. The predicted octanol–water partition coefficient (Wildman–Crippen LogP) is 2.94. The lowest BCUT2D eigenvalue weighted by atomic mass is 10.00. The highest BCUT2D eigenvalue weighted by molar-refractivity contribution is 6.48. The lowest BCUT2D eigenvalue weighted by Crippen LogP contribution is -2.16. The van der Waals surface area contributed by atoms with Gasteiger partial charge in [0.2, 0.25) is 0 Å². The predicted molar refractivity (Wildman–Crippen MR) is 37.2 cm³/mol. The third kappa shape index (κ3) is 1.83. The molecule has 1 saturated carbocycles. The summed E-state index contributed by atoms with van der Waals surface area (Å²) in [7, 11) is 0. The van der Waals surface area contributed by atoms with Gasteiger partial charge in [0.1, 0.15) is 4.33 Å². The molecule has 0 amide bonds. The third-order valence-corrected chi connectivity index (χ3v) is 2.08. The number of hydrogen-bond acceptors (Lipinski definition) is 0. The Hall–Kier alpha value is 0.580. The number of alkyl halides is 2. The van der Waals surface area contributed by atoms with Crippen LogP contribution in [0.4, 0.5) is 0 Å². The van der Waals surface area contributed by atoms with Crippen LogP contribution in [0.25, 0.3) is 0 Å². The van der Waals surface area contributed by atoms with Crippen molar-refractivity contribution >= 4 is 23.2 Å². The first-order valence-electron chi connectivity index (χ1n) is 2.90. The Morgan fingerprint density at radius 3 is 2.38 bits per heavy atom. The van der Waals surface area contributed by atoms with Crippen LogP contribution in [0.1, 0.15) is 25.7 Å². The molecule has 0 aromatic heterocycles. The molecule has 0 aliphatic heterocycles. The SMILES string of the molecule is ClC1(Cl)C[CH]CCC1. The van der Waals surface area contributed by atoms with E-state index in [0.717, 1.165) is 19.3 Å². The molecule has 47 valence electrons. The maximum atomic E-state index is 5.81. The molecular formula is C6H9Cl2. The van der Waals surface area contributed by atoms with Crippen molar-refractivity contribution in [1.82, 2.24) is 0 Å². The Morgan fingerprint density at radius 1 is 1.38 bits per heavy atom. The van der Waals surface area contributed by atoms with Gasteiger partial charge in [0, 0.05) is 0 Å². The molecule has 0 N–H and O–H groups in total. The molecular weight excluding hydrogens is 143 g/mol. The van der Waals surface area contributed by atoms with Gasteiger partial charge in [0.15, 0.2) is 0 Å². The molecule has 0 nitrogen and oxygen atoms in total. The van der Waals surface area contributed by atoms with Crippen molar-refractivity contribution in [3.8, 4) is 0 Å². The Morgan fingerprint density at radius 2 is 2.12 bits per heavy atom. The molecule has 0 spiro atoms. The molecule has 0 aromatic carbocycles. The van der Waals surface area contributed by atoms with Crippen LogP contribution in [0.15, 0.2) is 0 Å². The van der Waals surface area contributed by atoms with Crippen molar-refractivity contribution in [1.29, 1.82) is 0 Å². The van der Waals surface area contributed by atoms with Gasteiger partial charge in [0.25, 0.3) is 0 Å². The average Bonchev–Trinajstić information content (AvgIpc) is 1.65. The van der Waals surface area contributed by atoms with Gasteiger partial charge in [-0.1, -0.05) is 6.42 Å². The zero-order valence-electron chi connectivity index (χ0n) is 4.66. The maximum Gasteiger partial charge on any atom is 0.118 e. The van der Waals surface area contributed by atoms with Crippen LogP contribution < -0.4 is 0 Å². The molecule has 0 bridgehead atoms. The molecule has 1 radical (unpaired) electrons. The molecule has 0 saturated heterocycles. The van der Waals surface area contributed by atoms with Gasteiger partial charge in [-0.2, -0.15) is 0 Å². The molecule has 0 aromatic rings. The second-order valence-corrected chi connectivity index (χ2v) is 3.88. The van der Waals surface area contributed by atoms with Crippen molar-refractivity contribution in [3.63, 3.8) is 0 Å². The monoisotopic (exact) mass is 151 g/mol. The molecule has 8 heavy (non-hydrogen) atoms. The lowest BCUT2D eigenvalue weighted by molar-refractivity contribution is 0.561. The molecule has 1 rings (SSSR count). The lowest BCUT2D eigenvalue weighted by Gasteiger charge is -2.23. The van der Waals surface area contributed by atoms with E-state index in [1.807, 2.05) is 0 Å². The summed E-state index contributed by atoms with van der Waals surface area (Å²) in [6.07, 6.45) is 6.29. The smallest absolute Gasteiger partial charge is 0.102 e. The minimum Gasteiger partial charge on any atom is -0.102 e. The first-order valence-corrected chi connectivity index (χ1v) is 3.66. The topological polar surface area (TPSA) is 0 Å². The van der Waals surface area contributed by atoms with Crippen molar-refractivity contribution in [2.75, 3.05) is 0 Å². The summed E-state index contributed by atoms with van der Waals surface area (Å²) in [4.78, 5) is 0. The summed E-state index contributed by atoms with van der Waals surface area (Å²) < 4.78 is -0.432. The Bertz CT molecular complexity index is 70.6. The quantitative estimate of drug-likeness (QED) is 0.468. The van der Waals surface area contributed by atoms with Gasteiger partial charge in [-0.05, 0) is 25.7 Å². The summed E-state index contributed by atoms with van der Waals surface area (Å²) in [5.41, 5.74) is 0. The minimum atomic E-state index is -0.432. The van der Waals surface area contributed by atoms with E-state index >= 15 is 0 Å². The summed E-state index contributed by atoms with van der Waals surface area (Å²) >= 11 is 11.6. The van der Waals surface area contributed by atoms with Crippen molar-refractivity contribution in [3.05, 3.63) is 6.42 Å². The molecule has 0 unspecified atom stereocenters. The summed E-state index contributed by atoms with van der Waals surface area (Å²) in [6, 6.07) is 0. The third-order valence-electron chi connectivity index (χ3n) is 1.39. The molecule has 1 fully saturated rings. The fourth-order valence-electron chi connectivity index (χ4n) is 0.920. The average molecular weight is 152 g/mol. The normalized spacial score (nSPS) is 27.8. The van der Waals surface area contributed by atoms with Crippen molar-refractivity contribution in [2.45, 2.75) is 30.0 Å². The fourth-order valence-corrected chi connectivity index (χ4v) is 1.41. The molecule has 1 aliphatic rings. The maximum absolute atomic E-state index is 5.81. The second kappa shape index (κ2) is 2.45. The van der Waals surface area contributed by atoms with E-state index in [4.69, 9.17) is 23.2 Å². The van der Waals surface area contributed by atoms with Crippen LogP contribution in [-0.2, 0) is 0 Å². The Balaban J connectivity index is 2.33. The van der Waals surface area contributed by atoms with E-state index in [0.29, 0.717) is 0 Å². The number of rotatable bonds is 0. The summed E-state index contributed by atoms with van der Waals surface area (Å²) in [5.74, 6) is 0. The van der Waals surface area contributed by atoms with Crippen LogP contribution in [0.3, 0.4) is 0 Å². The highest BCUT2D eigenvalue weighted by Gasteiger charge is 2.25. The Labute approximate surface area is 60.2 Å². The van der Waals surface area contributed by atoms with E-state index in [2.05, 4.69) is 6.42 Å². The van der Waals surface area contributed by atoms with Gasteiger partial charge in [-0.25, -0.2) is 0 Å². The zero-order valence-corrected chi connectivity index (χ0v) is 6.17. The van der Waals surface area contributed by atoms with E-state index in [-0.39, 0.29) is 0 Å². The largest absolute Gasteiger partial charge is 0.118 e. The van der Waals surface area contributed by atoms with Crippen LogP contribution in [-0.4, -0.2) is 4.33 Å². The highest BCUT2D eigenvalue weighted by atomic mass is 35.5. The molecule has 2 heteroatoms. The number of halogens is 2. The molecule has 0 heterocycles. The Kier molecular flexibility index (Phi) is 2.05. The highest BCUT2D eigenvalue weighted by Crippen LogP contribution is 2.36. The van der Waals surface area contributed by atoms with Crippen molar-refractivity contribution in [2.24, 2.45) is 0 Å². The second-order valence-electron chi connectivity index (χ2n) is 2.24. The first kappa shape index (κ1) is 6.70. The van der Waals surface area contributed by atoms with Crippen LogP contribution in [0.5, 0.6) is 0 Å². The van der Waals surface area contributed by atoms with Gasteiger partial charge in [0.05, 0.1) is 0 Å². The standard InChI is InChI=1S/C6H9Cl2/c7-6(8)4-2-1-3-5-6/h2H,1,3-5H2. The van der Waals surface area contributed by atoms with Crippen LogP contribution in [0, 0.1) is 6.42 Å². The summed E-state index contributed by atoms with van der Waals surface area (Å²) in [6.45, 7) is 0. The van der Waals surface area contributed by atoms with E-state index in [1.165, 1.54) is 6.42 Å². The molecule has 1 aliphatic carbocycles. The van der Waals surface area contributed by atoms with E-state index in [9.17, 15) is 0 Å². The van der Waals surface area contributed by atoms with Crippen molar-refractivity contribution < 1.29 is 0 Å². The van der Waals surface area contributed by atoms with Gasteiger partial charge in [-0.3, -0.25) is 0 Å². The summed E-state index contributed by atoms with van der Waals surface area (Å²) in [5, 5.41) is 0. The van der Waals surface area contributed by atoms with Gasteiger partial charge >= 0.3 is 0 Å².